The molecule has 0 atom stereocenters. The summed E-state index contributed by atoms with van der Waals surface area (Å²) in [6.45, 7) is 2.09. The summed E-state index contributed by atoms with van der Waals surface area (Å²) in [6, 6.07) is 10.9. The molecule has 0 saturated heterocycles. The van der Waals surface area contributed by atoms with Crippen LogP contribution in [0.4, 0.5) is 5.69 Å². The van der Waals surface area contributed by atoms with Gasteiger partial charge in [-0.15, -0.1) is 11.3 Å². The number of amides is 1. The second-order valence-electron chi connectivity index (χ2n) is 4.78. The number of carbonyl (C=O) groups is 2. The van der Waals surface area contributed by atoms with E-state index in [2.05, 4.69) is 11.4 Å². The van der Waals surface area contributed by atoms with Crippen molar-refractivity contribution in [1.29, 1.82) is 0 Å². The monoisotopic (exact) mass is 317 g/mol. The molecule has 0 unspecified atom stereocenters. The largest absolute Gasteiger partial charge is 0.462 e. The molecule has 0 saturated carbocycles. The molecule has 0 aliphatic rings. The van der Waals surface area contributed by atoms with Crippen molar-refractivity contribution in [3.63, 3.8) is 0 Å². The van der Waals surface area contributed by atoms with Crippen molar-refractivity contribution in [2.75, 3.05) is 11.9 Å². The summed E-state index contributed by atoms with van der Waals surface area (Å²) in [5.74, 6) is -0.422. The van der Waals surface area contributed by atoms with E-state index >= 15 is 0 Å². The van der Waals surface area contributed by atoms with E-state index in [0.717, 1.165) is 12.8 Å². The van der Waals surface area contributed by atoms with Crippen LogP contribution in [-0.2, 0) is 16.0 Å². The van der Waals surface area contributed by atoms with Crippen molar-refractivity contribution in [2.45, 2.75) is 26.2 Å². The number of nitrogens with one attached hydrogen (secondary N) is 1. The molecule has 0 fully saturated rings. The van der Waals surface area contributed by atoms with E-state index in [1.807, 2.05) is 11.4 Å². The molecule has 0 bridgehead atoms. The lowest BCUT2D eigenvalue weighted by Crippen LogP contribution is -2.12. The molecule has 1 N–H and O–H groups in total. The number of thiophene rings is 1. The maximum atomic E-state index is 11.9. The van der Waals surface area contributed by atoms with Gasteiger partial charge in [0.25, 0.3) is 0 Å². The van der Waals surface area contributed by atoms with Gasteiger partial charge in [0.2, 0.25) is 5.91 Å². The number of ether oxygens (including phenoxy) is 1. The van der Waals surface area contributed by atoms with Crippen LogP contribution in [0.5, 0.6) is 0 Å². The maximum absolute atomic E-state index is 11.9. The van der Waals surface area contributed by atoms with Crippen LogP contribution in [0, 0.1) is 0 Å². The highest BCUT2D eigenvalue weighted by atomic mass is 32.1. The van der Waals surface area contributed by atoms with Gasteiger partial charge in [-0.1, -0.05) is 12.1 Å². The molecule has 0 aliphatic heterocycles. The molecule has 1 aromatic heterocycles. The minimum Gasteiger partial charge on any atom is -0.462 e. The van der Waals surface area contributed by atoms with Crippen molar-refractivity contribution in [3.05, 3.63) is 52.2 Å². The Labute approximate surface area is 134 Å². The smallest absolute Gasteiger partial charge is 0.338 e. The Morgan fingerprint density at radius 1 is 1.23 bits per heavy atom. The van der Waals surface area contributed by atoms with Crippen LogP contribution in [0.3, 0.4) is 0 Å². The average molecular weight is 317 g/mol. The molecule has 1 amide bonds. The Morgan fingerprint density at radius 2 is 2.09 bits per heavy atom. The van der Waals surface area contributed by atoms with Crippen molar-refractivity contribution < 1.29 is 14.3 Å². The fourth-order valence-electron chi connectivity index (χ4n) is 2.04. The van der Waals surface area contributed by atoms with Gasteiger partial charge in [0.1, 0.15) is 0 Å². The van der Waals surface area contributed by atoms with E-state index in [1.54, 1.807) is 42.5 Å². The molecule has 116 valence electrons. The van der Waals surface area contributed by atoms with Crippen LogP contribution in [0.25, 0.3) is 0 Å². The number of esters is 1. The van der Waals surface area contributed by atoms with Crippen molar-refractivity contribution in [3.8, 4) is 0 Å². The van der Waals surface area contributed by atoms with E-state index in [4.69, 9.17) is 4.74 Å². The average Bonchev–Trinajstić information content (AvgIpc) is 3.01. The van der Waals surface area contributed by atoms with Gasteiger partial charge in [0.05, 0.1) is 12.2 Å². The van der Waals surface area contributed by atoms with Crippen molar-refractivity contribution in [1.82, 2.24) is 0 Å². The van der Waals surface area contributed by atoms with Crippen LogP contribution in [0.15, 0.2) is 41.8 Å². The van der Waals surface area contributed by atoms with E-state index in [-0.39, 0.29) is 11.9 Å². The van der Waals surface area contributed by atoms with Gasteiger partial charge in [0.15, 0.2) is 0 Å². The molecule has 0 spiro atoms. The van der Waals surface area contributed by atoms with Crippen LogP contribution < -0.4 is 5.32 Å². The van der Waals surface area contributed by atoms with Crippen molar-refractivity contribution in [2.24, 2.45) is 0 Å². The van der Waals surface area contributed by atoms with E-state index < -0.39 is 0 Å². The Morgan fingerprint density at radius 3 is 2.82 bits per heavy atom. The zero-order valence-corrected chi connectivity index (χ0v) is 13.3. The lowest BCUT2D eigenvalue weighted by atomic mass is 10.2. The molecule has 1 heterocycles. The number of hydrogen-bond acceptors (Lipinski definition) is 4. The summed E-state index contributed by atoms with van der Waals surface area (Å²) in [6.07, 6.45) is 2.18. The van der Waals surface area contributed by atoms with Crippen molar-refractivity contribution >= 4 is 28.9 Å². The minimum atomic E-state index is -0.378. The van der Waals surface area contributed by atoms with Gasteiger partial charge in [-0.3, -0.25) is 4.79 Å². The van der Waals surface area contributed by atoms with Gasteiger partial charge in [0, 0.05) is 17.0 Å². The third-order valence-corrected chi connectivity index (χ3v) is 4.00. The Balaban J connectivity index is 1.83. The lowest BCUT2D eigenvalue weighted by Gasteiger charge is -2.07. The number of carbonyl (C=O) groups excluding carboxylic acids is 2. The fraction of sp³-hybridized carbons (Fsp3) is 0.294. The highest BCUT2D eigenvalue weighted by Gasteiger charge is 2.08. The third kappa shape index (κ3) is 5.00. The number of benzene rings is 1. The summed E-state index contributed by atoms with van der Waals surface area (Å²) >= 11 is 1.71. The van der Waals surface area contributed by atoms with Gasteiger partial charge in [-0.25, -0.2) is 4.79 Å². The predicted molar refractivity (Wildman–Crippen MR) is 88.3 cm³/mol. The van der Waals surface area contributed by atoms with Gasteiger partial charge < -0.3 is 10.1 Å². The highest BCUT2D eigenvalue weighted by molar-refractivity contribution is 7.09. The molecule has 2 aromatic rings. The molecule has 4 nitrogen and oxygen atoms in total. The number of rotatable bonds is 7. The highest BCUT2D eigenvalue weighted by Crippen LogP contribution is 2.14. The normalized spacial score (nSPS) is 10.2. The van der Waals surface area contributed by atoms with E-state index in [9.17, 15) is 9.59 Å². The Hall–Kier alpha value is -2.14. The topological polar surface area (TPSA) is 55.4 Å². The molecule has 2 rings (SSSR count). The minimum absolute atomic E-state index is 0.0439. The Kier molecular flexibility index (Phi) is 6.15. The third-order valence-electron chi connectivity index (χ3n) is 3.06. The summed E-state index contributed by atoms with van der Waals surface area (Å²) in [5.41, 5.74) is 1.06. The van der Waals surface area contributed by atoms with E-state index in [0.29, 0.717) is 24.3 Å². The first-order chi connectivity index (χ1) is 10.7. The zero-order valence-electron chi connectivity index (χ0n) is 12.5. The van der Waals surface area contributed by atoms with Gasteiger partial charge in [-0.05, 0) is 49.4 Å². The first-order valence-electron chi connectivity index (χ1n) is 7.28. The molecular weight excluding hydrogens is 298 g/mol. The second kappa shape index (κ2) is 8.34. The quantitative estimate of drug-likeness (QED) is 0.788. The fourth-order valence-corrected chi connectivity index (χ4v) is 2.79. The number of aryl methyl sites for hydroxylation is 1. The first-order valence-corrected chi connectivity index (χ1v) is 8.16. The molecule has 1 aromatic carbocycles. The summed E-state index contributed by atoms with van der Waals surface area (Å²) in [7, 11) is 0. The molecule has 0 radical (unpaired) electrons. The van der Waals surface area contributed by atoms with Gasteiger partial charge in [-0.2, -0.15) is 0 Å². The zero-order chi connectivity index (χ0) is 15.8. The molecule has 5 heteroatoms. The standard InChI is InChI=1S/C17H19NO3S/c1-2-21-17(20)13-6-3-7-14(12-13)18-16(19)10-4-8-15-9-5-11-22-15/h3,5-7,9,11-12H,2,4,8,10H2,1H3,(H,18,19). The Bertz CT molecular complexity index is 623. The molecule has 0 aliphatic carbocycles. The molecular formula is C17H19NO3S. The lowest BCUT2D eigenvalue weighted by molar-refractivity contribution is -0.116. The second-order valence-corrected chi connectivity index (χ2v) is 5.81. The molecule has 22 heavy (non-hydrogen) atoms. The van der Waals surface area contributed by atoms with Crippen LogP contribution in [0.2, 0.25) is 0 Å². The summed E-state index contributed by atoms with van der Waals surface area (Å²) in [5, 5.41) is 4.85. The summed E-state index contributed by atoms with van der Waals surface area (Å²) < 4.78 is 4.94. The number of anilines is 1. The SMILES string of the molecule is CCOC(=O)c1cccc(NC(=O)CCCc2cccs2)c1. The number of hydrogen-bond donors (Lipinski definition) is 1. The summed E-state index contributed by atoms with van der Waals surface area (Å²) in [4.78, 5) is 24.9. The van der Waals surface area contributed by atoms with Crippen LogP contribution in [0.1, 0.15) is 35.0 Å². The maximum Gasteiger partial charge on any atom is 0.338 e. The first kappa shape index (κ1) is 16.2. The predicted octanol–water partition coefficient (Wildman–Crippen LogP) is 3.89. The van der Waals surface area contributed by atoms with Crippen LogP contribution >= 0.6 is 11.3 Å². The van der Waals surface area contributed by atoms with E-state index in [1.165, 1.54) is 4.88 Å². The van der Waals surface area contributed by atoms with Crippen LogP contribution in [-0.4, -0.2) is 18.5 Å². The van der Waals surface area contributed by atoms with Gasteiger partial charge >= 0.3 is 5.97 Å².